The van der Waals surface area contributed by atoms with Gasteiger partial charge in [-0.3, -0.25) is 4.79 Å². The van der Waals surface area contributed by atoms with Crippen LogP contribution in [-0.4, -0.2) is 37.6 Å². The molecule has 0 radical (unpaired) electrons. The minimum atomic E-state index is -0.441. The summed E-state index contributed by atoms with van der Waals surface area (Å²) >= 11 is 0. The van der Waals surface area contributed by atoms with Crippen molar-refractivity contribution in [3.05, 3.63) is 28.8 Å². The Kier molecular flexibility index (Phi) is 5.36. The third-order valence-electron chi connectivity index (χ3n) is 3.55. The second-order valence-corrected chi connectivity index (χ2v) is 4.98. The van der Waals surface area contributed by atoms with Crippen LogP contribution in [0.4, 0.5) is 0 Å². The third kappa shape index (κ3) is 3.70. The lowest BCUT2D eigenvalue weighted by Gasteiger charge is -2.20. The van der Waals surface area contributed by atoms with Crippen LogP contribution in [0.25, 0.3) is 0 Å². The Morgan fingerprint density at radius 1 is 1.37 bits per heavy atom. The van der Waals surface area contributed by atoms with Gasteiger partial charge in [0.2, 0.25) is 5.91 Å². The van der Waals surface area contributed by atoms with E-state index < -0.39 is 6.04 Å². The molecule has 1 rings (SSSR count). The summed E-state index contributed by atoms with van der Waals surface area (Å²) in [5.41, 5.74) is 9.21. The molecule has 19 heavy (non-hydrogen) atoms. The Bertz CT molecular complexity index is 456. The summed E-state index contributed by atoms with van der Waals surface area (Å²) in [6, 6.07) is 3.60. The number of amides is 1. The average Bonchev–Trinajstić information content (AvgIpc) is 2.39. The number of nitrogens with two attached hydrogens (primary N) is 1. The molecule has 0 bridgehead atoms. The van der Waals surface area contributed by atoms with Crippen LogP contribution < -0.4 is 10.5 Å². The minimum Gasteiger partial charge on any atom is -0.496 e. The van der Waals surface area contributed by atoms with Gasteiger partial charge in [0.15, 0.2) is 0 Å². The highest BCUT2D eigenvalue weighted by molar-refractivity contribution is 5.80. The number of carbonyl (C=O) groups is 1. The third-order valence-corrected chi connectivity index (χ3v) is 3.55. The predicted molar refractivity (Wildman–Crippen MR) is 77.5 cm³/mol. The Hall–Kier alpha value is -1.55. The number of hydrogen-bond donors (Lipinski definition) is 1. The van der Waals surface area contributed by atoms with Crippen molar-refractivity contribution < 1.29 is 9.53 Å². The number of likely N-dealkylation sites (N-methyl/N-ethyl adjacent to an activating group) is 1. The molecule has 4 nitrogen and oxygen atoms in total. The summed E-state index contributed by atoms with van der Waals surface area (Å²) in [6.45, 7) is 6.52. The first-order valence-electron chi connectivity index (χ1n) is 6.52. The van der Waals surface area contributed by atoms with Crippen LogP contribution in [0.3, 0.4) is 0 Å². The molecule has 0 saturated carbocycles. The fraction of sp³-hybridized carbons (Fsp3) is 0.533. The lowest BCUT2D eigenvalue weighted by Crippen LogP contribution is -2.40. The van der Waals surface area contributed by atoms with Crippen molar-refractivity contribution in [2.45, 2.75) is 33.2 Å². The van der Waals surface area contributed by atoms with Crippen LogP contribution >= 0.6 is 0 Å². The topological polar surface area (TPSA) is 55.6 Å². The van der Waals surface area contributed by atoms with Crippen molar-refractivity contribution >= 4 is 5.91 Å². The largest absolute Gasteiger partial charge is 0.496 e. The van der Waals surface area contributed by atoms with E-state index >= 15 is 0 Å². The highest BCUT2D eigenvalue weighted by Crippen LogP contribution is 2.24. The number of carbonyl (C=O) groups excluding carboxylic acids is 1. The Labute approximate surface area is 115 Å². The van der Waals surface area contributed by atoms with Crippen molar-refractivity contribution in [1.82, 2.24) is 4.90 Å². The van der Waals surface area contributed by atoms with Gasteiger partial charge >= 0.3 is 0 Å². The van der Waals surface area contributed by atoms with E-state index in [2.05, 4.69) is 19.9 Å². The van der Waals surface area contributed by atoms with Crippen LogP contribution in [0.2, 0.25) is 0 Å². The van der Waals surface area contributed by atoms with Crippen molar-refractivity contribution in [2.24, 2.45) is 5.73 Å². The number of hydrogen-bond acceptors (Lipinski definition) is 3. The summed E-state index contributed by atoms with van der Waals surface area (Å²) in [6.07, 6.45) is 0.825. The summed E-state index contributed by atoms with van der Waals surface area (Å²) in [4.78, 5) is 13.4. The number of ether oxygens (including phenoxy) is 1. The summed E-state index contributed by atoms with van der Waals surface area (Å²) in [5.74, 6) is 0.879. The molecule has 0 aromatic heterocycles. The molecule has 0 aliphatic rings. The van der Waals surface area contributed by atoms with E-state index in [-0.39, 0.29) is 5.91 Å². The van der Waals surface area contributed by atoms with Crippen LogP contribution in [0.15, 0.2) is 12.1 Å². The first-order chi connectivity index (χ1) is 8.88. The zero-order chi connectivity index (χ0) is 14.6. The molecule has 4 heteroatoms. The molecule has 1 aromatic carbocycles. The maximum Gasteiger partial charge on any atom is 0.238 e. The Balaban J connectivity index is 2.74. The van der Waals surface area contributed by atoms with E-state index in [0.29, 0.717) is 6.54 Å². The smallest absolute Gasteiger partial charge is 0.238 e. The standard InChI is InChI=1S/C15H24N2O2/c1-10-11(2)14(19-5)7-6-13(10)8-9-17(4)15(18)12(3)16/h6-7,12H,8-9,16H2,1-5H3. The molecule has 0 spiro atoms. The minimum absolute atomic E-state index is 0.0251. The van der Waals surface area contributed by atoms with Crippen LogP contribution in [0, 0.1) is 13.8 Å². The predicted octanol–water partition coefficient (Wildman–Crippen LogP) is 1.66. The summed E-state index contributed by atoms with van der Waals surface area (Å²) in [5, 5.41) is 0. The van der Waals surface area contributed by atoms with Gasteiger partial charge < -0.3 is 15.4 Å². The number of methoxy groups -OCH3 is 1. The molecule has 1 atom stereocenters. The number of benzene rings is 1. The maximum absolute atomic E-state index is 11.7. The maximum atomic E-state index is 11.7. The normalized spacial score (nSPS) is 12.1. The molecule has 0 saturated heterocycles. The fourth-order valence-electron chi connectivity index (χ4n) is 2.09. The van der Waals surface area contributed by atoms with Gasteiger partial charge in [0, 0.05) is 13.6 Å². The molecule has 0 fully saturated rings. The van der Waals surface area contributed by atoms with Gasteiger partial charge in [-0.2, -0.15) is 0 Å². The second kappa shape index (κ2) is 6.57. The van der Waals surface area contributed by atoms with E-state index in [9.17, 15) is 4.79 Å². The number of nitrogens with zero attached hydrogens (tertiary/aromatic N) is 1. The molecular weight excluding hydrogens is 240 g/mol. The summed E-state index contributed by atoms with van der Waals surface area (Å²) < 4.78 is 5.30. The van der Waals surface area contributed by atoms with Gasteiger partial charge in [0.1, 0.15) is 5.75 Å². The zero-order valence-corrected chi connectivity index (χ0v) is 12.5. The van der Waals surface area contributed by atoms with Crippen molar-refractivity contribution in [1.29, 1.82) is 0 Å². The average molecular weight is 264 g/mol. The number of rotatable bonds is 5. The van der Waals surface area contributed by atoms with Gasteiger partial charge in [-0.15, -0.1) is 0 Å². The molecule has 1 unspecified atom stereocenters. The molecule has 0 aliphatic heterocycles. The van der Waals surface area contributed by atoms with E-state index in [0.717, 1.165) is 17.7 Å². The van der Waals surface area contributed by atoms with Gasteiger partial charge in [-0.1, -0.05) is 6.07 Å². The van der Waals surface area contributed by atoms with Crippen molar-refractivity contribution in [3.63, 3.8) is 0 Å². The fourth-order valence-corrected chi connectivity index (χ4v) is 2.09. The molecule has 0 heterocycles. The zero-order valence-electron chi connectivity index (χ0n) is 12.5. The van der Waals surface area contributed by atoms with Crippen molar-refractivity contribution in [3.8, 4) is 5.75 Å². The van der Waals surface area contributed by atoms with Gasteiger partial charge in [0.05, 0.1) is 13.2 Å². The lowest BCUT2D eigenvalue weighted by atomic mass is 10.00. The first kappa shape index (κ1) is 15.5. The molecule has 0 aliphatic carbocycles. The van der Waals surface area contributed by atoms with Crippen molar-refractivity contribution in [2.75, 3.05) is 20.7 Å². The van der Waals surface area contributed by atoms with Crippen LogP contribution in [0.5, 0.6) is 5.75 Å². The highest BCUT2D eigenvalue weighted by Gasteiger charge is 2.14. The Morgan fingerprint density at radius 2 is 2.00 bits per heavy atom. The Morgan fingerprint density at radius 3 is 2.53 bits per heavy atom. The first-order valence-corrected chi connectivity index (χ1v) is 6.52. The quantitative estimate of drug-likeness (QED) is 0.880. The van der Waals surface area contributed by atoms with E-state index in [1.54, 1.807) is 26.0 Å². The molecule has 1 aromatic rings. The van der Waals surface area contributed by atoms with Crippen LogP contribution in [-0.2, 0) is 11.2 Å². The van der Waals surface area contributed by atoms with Gasteiger partial charge in [-0.25, -0.2) is 0 Å². The monoisotopic (exact) mass is 264 g/mol. The molecule has 106 valence electrons. The van der Waals surface area contributed by atoms with E-state index in [1.165, 1.54) is 11.1 Å². The van der Waals surface area contributed by atoms with Crippen LogP contribution in [0.1, 0.15) is 23.6 Å². The highest BCUT2D eigenvalue weighted by atomic mass is 16.5. The summed E-state index contributed by atoms with van der Waals surface area (Å²) in [7, 11) is 3.47. The van der Waals surface area contributed by atoms with Gasteiger partial charge in [-0.05, 0) is 49.9 Å². The van der Waals surface area contributed by atoms with E-state index in [1.807, 2.05) is 6.07 Å². The van der Waals surface area contributed by atoms with Gasteiger partial charge in [0.25, 0.3) is 0 Å². The lowest BCUT2D eigenvalue weighted by molar-refractivity contribution is -0.130. The molecule has 1 amide bonds. The molecule has 2 N–H and O–H groups in total. The SMILES string of the molecule is COc1ccc(CCN(C)C(=O)C(C)N)c(C)c1C. The molecular formula is C15H24N2O2. The van der Waals surface area contributed by atoms with E-state index in [4.69, 9.17) is 10.5 Å². The second-order valence-electron chi connectivity index (χ2n) is 4.98.